The first-order valence-corrected chi connectivity index (χ1v) is 10.0. The molecule has 0 aliphatic carbocycles. The Morgan fingerprint density at radius 2 is 1.69 bits per heavy atom. The highest BCUT2D eigenvalue weighted by molar-refractivity contribution is 5.79. The second kappa shape index (κ2) is 8.97. The molecule has 1 aliphatic rings. The van der Waals surface area contributed by atoms with E-state index in [0.717, 1.165) is 43.7 Å². The first-order valence-electron chi connectivity index (χ1n) is 10.0. The normalized spacial score (nSPS) is 17.9. The van der Waals surface area contributed by atoms with Crippen LogP contribution < -0.4 is 0 Å². The Bertz CT molecular complexity index is 928. The minimum Gasteiger partial charge on any atom is -0.344 e. The van der Waals surface area contributed by atoms with Crippen molar-refractivity contribution in [1.29, 1.82) is 0 Å². The molecule has 1 unspecified atom stereocenters. The number of carbonyl (C=O) groups excluding carboxylic acids is 1. The summed E-state index contributed by atoms with van der Waals surface area (Å²) >= 11 is 0. The van der Waals surface area contributed by atoms with Gasteiger partial charge < -0.3 is 4.90 Å². The molecule has 0 N–H and O–H groups in total. The van der Waals surface area contributed by atoms with Crippen LogP contribution >= 0.6 is 0 Å². The largest absolute Gasteiger partial charge is 0.344 e. The minimum atomic E-state index is -0.0337. The molecule has 1 aliphatic heterocycles. The maximum Gasteiger partial charge on any atom is 0.227 e. The van der Waals surface area contributed by atoms with Crippen molar-refractivity contribution >= 4 is 5.91 Å². The van der Waals surface area contributed by atoms with Gasteiger partial charge in [0, 0.05) is 58.0 Å². The third-order valence-corrected chi connectivity index (χ3v) is 5.54. The van der Waals surface area contributed by atoms with E-state index >= 15 is 0 Å². The van der Waals surface area contributed by atoms with Gasteiger partial charge in [-0.3, -0.25) is 19.7 Å². The number of nitrogens with zero attached hydrogens (tertiary/aromatic N) is 4. The summed E-state index contributed by atoms with van der Waals surface area (Å²) in [6, 6.07) is 16.6. The highest BCUT2D eigenvalue weighted by Crippen LogP contribution is 2.22. The first-order chi connectivity index (χ1) is 14.2. The zero-order chi connectivity index (χ0) is 20.1. The Balaban J connectivity index is 1.47. The van der Waals surface area contributed by atoms with Gasteiger partial charge in [0.2, 0.25) is 5.91 Å². The number of pyridine rings is 2. The maximum atomic E-state index is 12.9. The van der Waals surface area contributed by atoms with Crippen molar-refractivity contribution in [2.24, 2.45) is 5.92 Å². The lowest BCUT2D eigenvalue weighted by Gasteiger charge is -2.23. The van der Waals surface area contributed by atoms with Crippen LogP contribution in [0.1, 0.15) is 11.1 Å². The average molecular weight is 386 g/mol. The molecule has 1 saturated heterocycles. The summed E-state index contributed by atoms with van der Waals surface area (Å²) in [5, 5.41) is 0. The van der Waals surface area contributed by atoms with Gasteiger partial charge in [0.25, 0.3) is 0 Å². The van der Waals surface area contributed by atoms with Crippen LogP contribution in [0.2, 0.25) is 0 Å². The molecule has 1 fully saturated rings. The Kier molecular flexibility index (Phi) is 5.96. The van der Waals surface area contributed by atoms with E-state index in [0.29, 0.717) is 0 Å². The van der Waals surface area contributed by atoms with E-state index in [-0.39, 0.29) is 11.8 Å². The van der Waals surface area contributed by atoms with Gasteiger partial charge in [0.05, 0.1) is 5.92 Å². The number of hydrogen-bond acceptors (Lipinski definition) is 4. The number of benzene rings is 1. The fraction of sp³-hybridized carbons (Fsp3) is 0.292. The Hall–Kier alpha value is -3.05. The second-order valence-electron chi connectivity index (χ2n) is 7.69. The number of likely N-dealkylation sites (N-methyl/N-ethyl adjacent to an activating group) is 1. The predicted octanol–water partition coefficient (Wildman–Crippen LogP) is 3.28. The van der Waals surface area contributed by atoms with Crippen molar-refractivity contribution < 1.29 is 4.79 Å². The fourth-order valence-corrected chi connectivity index (χ4v) is 3.89. The molecule has 5 heteroatoms. The molecule has 1 atom stereocenters. The van der Waals surface area contributed by atoms with Gasteiger partial charge in [0.1, 0.15) is 0 Å². The zero-order valence-corrected chi connectivity index (χ0v) is 16.7. The van der Waals surface area contributed by atoms with E-state index in [1.165, 1.54) is 11.1 Å². The molecule has 5 nitrogen and oxygen atoms in total. The van der Waals surface area contributed by atoms with E-state index in [9.17, 15) is 4.79 Å². The highest BCUT2D eigenvalue weighted by atomic mass is 16.2. The van der Waals surface area contributed by atoms with Gasteiger partial charge in [0.15, 0.2) is 0 Å². The third kappa shape index (κ3) is 4.87. The van der Waals surface area contributed by atoms with Crippen molar-refractivity contribution in [2.75, 3.05) is 26.7 Å². The topological polar surface area (TPSA) is 49.3 Å². The van der Waals surface area contributed by atoms with Crippen LogP contribution in [0.4, 0.5) is 0 Å². The van der Waals surface area contributed by atoms with Crippen molar-refractivity contribution in [3.8, 4) is 11.1 Å². The molecule has 29 heavy (non-hydrogen) atoms. The van der Waals surface area contributed by atoms with E-state index in [2.05, 4.69) is 45.2 Å². The lowest BCUT2D eigenvalue weighted by atomic mass is 9.96. The average Bonchev–Trinajstić information content (AvgIpc) is 2.90. The molecule has 3 aromatic rings. The molecular formula is C24H26N4O. The lowest BCUT2D eigenvalue weighted by Crippen LogP contribution is -2.34. The molecule has 0 bridgehead atoms. The van der Waals surface area contributed by atoms with Gasteiger partial charge in [-0.15, -0.1) is 0 Å². The molecule has 4 rings (SSSR count). The molecule has 1 aromatic carbocycles. The minimum absolute atomic E-state index is 0.0337. The number of amides is 1. The zero-order valence-electron chi connectivity index (χ0n) is 16.7. The summed E-state index contributed by atoms with van der Waals surface area (Å²) in [6.45, 7) is 3.28. The van der Waals surface area contributed by atoms with Crippen LogP contribution in [0.5, 0.6) is 0 Å². The Morgan fingerprint density at radius 1 is 0.897 bits per heavy atom. The lowest BCUT2D eigenvalue weighted by molar-refractivity contribution is -0.133. The van der Waals surface area contributed by atoms with E-state index < -0.39 is 0 Å². The molecule has 2 aromatic heterocycles. The van der Waals surface area contributed by atoms with Crippen LogP contribution in [0, 0.1) is 5.92 Å². The smallest absolute Gasteiger partial charge is 0.227 e. The molecule has 148 valence electrons. The summed E-state index contributed by atoms with van der Waals surface area (Å²) in [7, 11) is 1.91. The van der Waals surface area contributed by atoms with Crippen LogP contribution in [-0.2, 0) is 17.8 Å². The molecule has 3 heterocycles. The maximum absolute atomic E-state index is 12.9. The van der Waals surface area contributed by atoms with Gasteiger partial charge in [-0.25, -0.2) is 0 Å². The van der Waals surface area contributed by atoms with E-state index in [1.807, 2.05) is 48.7 Å². The van der Waals surface area contributed by atoms with Crippen molar-refractivity contribution in [3.63, 3.8) is 0 Å². The Morgan fingerprint density at radius 3 is 2.41 bits per heavy atom. The van der Waals surface area contributed by atoms with Crippen LogP contribution in [0.25, 0.3) is 11.1 Å². The summed E-state index contributed by atoms with van der Waals surface area (Å²) in [6.07, 6.45) is 8.06. The summed E-state index contributed by atoms with van der Waals surface area (Å²) in [4.78, 5) is 25.5. The van der Waals surface area contributed by atoms with Gasteiger partial charge in [-0.1, -0.05) is 30.3 Å². The molecule has 1 amide bonds. The number of rotatable bonds is 5. The van der Waals surface area contributed by atoms with Gasteiger partial charge in [-0.2, -0.15) is 0 Å². The summed E-state index contributed by atoms with van der Waals surface area (Å²) in [5.74, 6) is 0.201. The van der Waals surface area contributed by atoms with Crippen molar-refractivity contribution in [3.05, 3.63) is 84.4 Å². The fourth-order valence-electron chi connectivity index (χ4n) is 3.89. The SMILES string of the molecule is CN1CCN(Cc2ccncc2)CC(Cc2ccc(-c3cccnc3)cc2)C1=O. The second-order valence-corrected chi connectivity index (χ2v) is 7.69. The molecule has 0 radical (unpaired) electrons. The van der Waals surface area contributed by atoms with Crippen LogP contribution in [0.3, 0.4) is 0 Å². The predicted molar refractivity (Wildman–Crippen MR) is 114 cm³/mol. The molecular weight excluding hydrogens is 360 g/mol. The van der Waals surface area contributed by atoms with Crippen LogP contribution in [-0.4, -0.2) is 52.4 Å². The highest BCUT2D eigenvalue weighted by Gasteiger charge is 2.28. The van der Waals surface area contributed by atoms with Crippen molar-refractivity contribution in [2.45, 2.75) is 13.0 Å². The molecule has 0 saturated carbocycles. The number of aromatic nitrogens is 2. The first kappa shape index (κ1) is 19.3. The number of carbonyl (C=O) groups is 1. The van der Waals surface area contributed by atoms with E-state index in [4.69, 9.17) is 0 Å². The van der Waals surface area contributed by atoms with Gasteiger partial charge in [-0.05, 0) is 46.9 Å². The third-order valence-electron chi connectivity index (χ3n) is 5.54. The standard InChI is InChI=1S/C24H26N4O/c1-27-13-14-28(17-20-8-11-25-12-9-20)18-23(24(27)29)15-19-4-6-21(7-5-19)22-3-2-10-26-16-22/h2-12,16,23H,13-15,17-18H2,1H3. The Labute approximate surface area is 172 Å². The monoisotopic (exact) mass is 386 g/mol. The van der Waals surface area contributed by atoms with Gasteiger partial charge >= 0.3 is 0 Å². The van der Waals surface area contributed by atoms with Crippen molar-refractivity contribution in [1.82, 2.24) is 19.8 Å². The number of hydrogen-bond donors (Lipinski definition) is 0. The van der Waals surface area contributed by atoms with Crippen LogP contribution in [0.15, 0.2) is 73.3 Å². The quantitative estimate of drug-likeness (QED) is 0.675. The van der Waals surface area contributed by atoms with E-state index in [1.54, 1.807) is 6.20 Å². The molecule has 0 spiro atoms. The summed E-state index contributed by atoms with van der Waals surface area (Å²) in [5.41, 5.74) is 4.67. The summed E-state index contributed by atoms with van der Waals surface area (Å²) < 4.78 is 0.